The molecule has 7 heteroatoms. The average molecular weight is 281 g/mol. The zero-order valence-corrected chi connectivity index (χ0v) is 11.8. The second-order valence-electron chi connectivity index (χ2n) is 5.04. The number of nitrogens with one attached hydrogen (secondary N) is 1. The Morgan fingerprint density at radius 1 is 1.45 bits per heavy atom. The number of carbonyl (C=O) groups is 2. The van der Waals surface area contributed by atoms with Crippen LogP contribution in [0.15, 0.2) is 0 Å². The summed E-state index contributed by atoms with van der Waals surface area (Å²) in [5, 5.41) is 16.5. The molecular weight excluding hydrogens is 262 g/mol. The molecule has 1 aliphatic rings. The van der Waals surface area contributed by atoms with Gasteiger partial charge in [-0.3, -0.25) is 14.3 Å². The lowest BCUT2D eigenvalue weighted by molar-refractivity contribution is -0.123. The van der Waals surface area contributed by atoms with E-state index in [9.17, 15) is 14.7 Å². The first-order valence-corrected chi connectivity index (χ1v) is 6.50. The highest BCUT2D eigenvalue weighted by Crippen LogP contribution is 2.13. The Morgan fingerprint density at radius 2 is 2.15 bits per heavy atom. The van der Waals surface area contributed by atoms with Crippen LogP contribution in [0.3, 0.4) is 0 Å². The number of rotatable bonds is 4. The van der Waals surface area contributed by atoms with Crippen LogP contribution in [0, 0.1) is 13.8 Å². The average Bonchev–Trinajstić information content (AvgIpc) is 2.84. The van der Waals surface area contributed by atoms with Crippen molar-refractivity contribution in [2.24, 2.45) is 0 Å². The Bertz CT molecular complexity index is 538. The van der Waals surface area contributed by atoms with Crippen molar-refractivity contribution in [2.45, 2.75) is 39.5 Å². The van der Waals surface area contributed by atoms with Crippen LogP contribution >= 0.6 is 0 Å². The number of aromatic nitrogens is 2. The third-order valence-corrected chi connectivity index (χ3v) is 3.42. The lowest BCUT2D eigenvalue weighted by Gasteiger charge is -2.14. The third-order valence-electron chi connectivity index (χ3n) is 3.42. The van der Waals surface area contributed by atoms with E-state index in [-0.39, 0.29) is 30.9 Å². The van der Waals surface area contributed by atoms with Crippen molar-refractivity contribution >= 4 is 11.7 Å². The van der Waals surface area contributed by atoms with Gasteiger partial charge in [0.1, 0.15) is 6.54 Å². The Labute approximate surface area is 116 Å². The van der Waals surface area contributed by atoms with E-state index in [1.54, 1.807) is 13.8 Å². The highest BCUT2D eigenvalue weighted by Gasteiger charge is 2.28. The second kappa shape index (κ2) is 5.72. The van der Waals surface area contributed by atoms with E-state index in [0.717, 1.165) is 0 Å². The van der Waals surface area contributed by atoms with E-state index in [2.05, 4.69) is 10.4 Å². The number of nitrogens with zero attached hydrogens (tertiary/aromatic N) is 2. The maximum absolute atomic E-state index is 11.9. The molecule has 0 spiro atoms. The summed E-state index contributed by atoms with van der Waals surface area (Å²) in [4.78, 5) is 23.4. The SMILES string of the molecule is CC(=O)c1c(C)nn(CC(=O)N[C@@H]2COC[C@H]2O)c1C. The zero-order valence-electron chi connectivity index (χ0n) is 11.8. The first-order chi connectivity index (χ1) is 9.40. The number of hydrogen-bond acceptors (Lipinski definition) is 5. The van der Waals surface area contributed by atoms with Gasteiger partial charge in [-0.1, -0.05) is 0 Å². The molecule has 0 aliphatic carbocycles. The van der Waals surface area contributed by atoms with Crippen LogP contribution in [0.1, 0.15) is 28.7 Å². The molecule has 1 aromatic heterocycles. The summed E-state index contributed by atoms with van der Waals surface area (Å²) in [5.74, 6) is -0.327. The summed E-state index contributed by atoms with van der Waals surface area (Å²) >= 11 is 0. The van der Waals surface area contributed by atoms with Gasteiger partial charge in [0.05, 0.1) is 36.6 Å². The lowest BCUT2D eigenvalue weighted by atomic mass is 10.1. The van der Waals surface area contributed by atoms with E-state index < -0.39 is 6.10 Å². The van der Waals surface area contributed by atoms with Crippen LogP contribution in [-0.4, -0.2) is 51.9 Å². The summed E-state index contributed by atoms with van der Waals surface area (Å²) in [6.07, 6.45) is -0.674. The lowest BCUT2D eigenvalue weighted by Crippen LogP contribution is -2.44. The quantitative estimate of drug-likeness (QED) is 0.731. The fraction of sp³-hybridized carbons (Fsp3) is 0.615. The maximum atomic E-state index is 11.9. The molecule has 0 unspecified atom stereocenters. The number of aryl methyl sites for hydroxylation is 1. The van der Waals surface area contributed by atoms with Crippen molar-refractivity contribution < 1.29 is 19.4 Å². The van der Waals surface area contributed by atoms with E-state index in [0.29, 0.717) is 23.6 Å². The summed E-state index contributed by atoms with van der Waals surface area (Å²) < 4.78 is 6.57. The van der Waals surface area contributed by atoms with Gasteiger partial charge in [-0.25, -0.2) is 0 Å². The van der Waals surface area contributed by atoms with Crippen LogP contribution in [0.4, 0.5) is 0 Å². The van der Waals surface area contributed by atoms with Crippen LogP contribution in [0.25, 0.3) is 0 Å². The number of ether oxygens (including phenoxy) is 1. The summed E-state index contributed by atoms with van der Waals surface area (Å²) in [6.45, 7) is 5.54. The van der Waals surface area contributed by atoms with Crippen LogP contribution in [-0.2, 0) is 16.1 Å². The van der Waals surface area contributed by atoms with Gasteiger partial charge in [0.2, 0.25) is 5.91 Å². The molecule has 2 rings (SSSR count). The molecule has 20 heavy (non-hydrogen) atoms. The number of ketones is 1. The molecule has 1 amide bonds. The summed E-state index contributed by atoms with van der Waals surface area (Å²) in [7, 11) is 0. The number of aliphatic hydroxyl groups is 1. The van der Waals surface area contributed by atoms with Crippen molar-refractivity contribution in [1.29, 1.82) is 0 Å². The Kier molecular flexibility index (Phi) is 4.20. The van der Waals surface area contributed by atoms with Crippen molar-refractivity contribution in [3.05, 3.63) is 17.0 Å². The summed E-state index contributed by atoms with van der Waals surface area (Å²) in [5.41, 5.74) is 1.85. The fourth-order valence-corrected chi connectivity index (χ4v) is 2.43. The van der Waals surface area contributed by atoms with Crippen molar-refractivity contribution in [3.8, 4) is 0 Å². The second-order valence-corrected chi connectivity index (χ2v) is 5.04. The van der Waals surface area contributed by atoms with Crippen molar-refractivity contribution in [2.75, 3.05) is 13.2 Å². The molecule has 1 aromatic rings. The minimum atomic E-state index is -0.674. The molecule has 0 saturated carbocycles. The van der Waals surface area contributed by atoms with E-state index in [4.69, 9.17) is 4.74 Å². The number of carbonyl (C=O) groups excluding carboxylic acids is 2. The Balaban J connectivity index is 2.05. The van der Waals surface area contributed by atoms with Crippen molar-refractivity contribution in [3.63, 3.8) is 0 Å². The molecular formula is C13H19N3O4. The molecule has 7 nitrogen and oxygen atoms in total. The van der Waals surface area contributed by atoms with Crippen LogP contribution < -0.4 is 5.32 Å². The molecule has 1 aliphatic heterocycles. The van der Waals surface area contributed by atoms with Crippen LogP contribution in [0.5, 0.6) is 0 Å². The first kappa shape index (κ1) is 14.7. The minimum Gasteiger partial charge on any atom is -0.388 e. The standard InChI is InChI=1S/C13H19N3O4/c1-7-13(9(3)17)8(2)16(15-7)4-12(19)14-10-5-20-6-11(10)18/h10-11,18H,4-6H2,1-3H3,(H,14,19)/t10-,11-/m1/s1. The van der Waals surface area contributed by atoms with Gasteiger partial charge >= 0.3 is 0 Å². The molecule has 1 saturated heterocycles. The molecule has 2 N–H and O–H groups in total. The van der Waals surface area contributed by atoms with Gasteiger partial charge in [-0.15, -0.1) is 0 Å². The van der Waals surface area contributed by atoms with Gasteiger partial charge in [-0.05, 0) is 20.8 Å². The molecule has 110 valence electrons. The molecule has 1 fully saturated rings. The first-order valence-electron chi connectivity index (χ1n) is 6.50. The topological polar surface area (TPSA) is 93.5 Å². The van der Waals surface area contributed by atoms with E-state index in [1.807, 2.05) is 0 Å². The number of aliphatic hydroxyl groups excluding tert-OH is 1. The van der Waals surface area contributed by atoms with Gasteiger partial charge in [0, 0.05) is 5.69 Å². The highest BCUT2D eigenvalue weighted by molar-refractivity contribution is 5.96. The third kappa shape index (κ3) is 2.88. The predicted octanol–water partition coefficient (Wildman–Crippen LogP) is -0.422. The maximum Gasteiger partial charge on any atom is 0.242 e. The molecule has 2 heterocycles. The highest BCUT2D eigenvalue weighted by atomic mass is 16.5. The molecule has 2 atom stereocenters. The fourth-order valence-electron chi connectivity index (χ4n) is 2.43. The smallest absolute Gasteiger partial charge is 0.242 e. The monoisotopic (exact) mass is 281 g/mol. The molecule has 0 radical (unpaired) electrons. The zero-order chi connectivity index (χ0) is 14.9. The summed E-state index contributed by atoms with van der Waals surface area (Å²) in [6, 6.07) is -0.383. The predicted molar refractivity (Wildman–Crippen MR) is 70.5 cm³/mol. The van der Waals surface area contributed by atoms with Crippen LogP contribution in [0.2, 0.25) is 0 Å². The number of amides is 1. The normalized spacial score (nSPS) is 22.0. The largest absolute Gasteiger partial charge is 0.388 e. The Morgan fingerprint density at radius 3 is 2.65 bits per heavy atom. The van der Waals surface area contributed by atoms with Crippen molar-refractivity contribution in [1.82, 2.24) is 15.1 Å². The Hall–Kier alpha value is -1.73. The van der Waals surface area contributed by atoms with Gasteiger partial charge in [0.15, 0.2) is 5.78 Å². The van der Waals surface area contributed by atoms with E-state index in [1.165, 1.54) is 11.6 Å². The van der Waals surface area contributed by atoms with Gasteiger partial charge < -0.3 is 15.2 Å². The van der Waals surface area contributed by atoms with E-state index >= 15 is 0 Å². The molecule has 0 aromatic carbocycles. The minimum absolute atomic E-state index is 0.0170. The number of Topliss-reactive ketones (excluding diaryl/α,β-unsaturated/α-hetero) is 1. The van der Waals surface area contributed by atoms with Gasteiger partial charge in [0.25, 0.3) is 0 Å². The van der Waals surface area contributed by atoms with Gasteiger partial charge in [-0.2, -0.15) is 5.10 Å². The molecule has 0 bridgehead atoms. The number of hydrogen-bond donors (Lipinski definition) is 2.